The van der Waals surface area contributed by atoms with E-state index in [2.05, 4.69) is 26.8 Å². The second-order valence-electron chi connectivity index (χ2n) is 3.92. The fourth-order valence-corrected chi connectivity index (χ4v) is 1.84. The molecule has 2 heterocycles. The summed E-state index contributed by atoms with van der Waals surface area (Å²) < 4.78 is 4.54. The van der Waals surface area contributed by atoms with Crippen LogP contribution in [0.2, 0.25) is 0 Å². The van der Waals surface area contributed by atoms with E-state index in [-0.39, 0.29) is 5.91 Å². The average Bonchev–Trinajstić information content (AvgIpc) is 2.75. The van der Waals surface area contributed by atoms with Gasteiger partial charge >= 0.3 is 0 Å². The smallest absolute Gasteiger partial charge is 0.278 e. The molecular weight excluding hydrogens is 208 g/mol. The minimum Gasteiger partial charge on any atom is -0.335 e. The molecule has 0 aliphatic carbocycles. The Morgan fingerprint density at radius 3 is 2.50 bits per heavy atom. The van der Waals surface area contributed by atoms with Crippen LogP contribution in [-0.4, -0.2) is 58.7 Å². The lowest BCUT2D eigenvalue weighted by atomic mass is 10.2. The second kappa shape index (κ2) is 4.61. The van der Waals surface area contributed by atoms with Crippen LogP contribution >= 0.6 is 0 Å². The zero-order valence-corrected chi connectivity index (χ0v) is 9.64. The van der Waals surface area contributed by atoms with Crippen molar-refractivity contribution in [1.29, 1.82) is 0 Å². The molecule has 88 valence electrons. The lowest BCUT2D eigenvalue weighted by Gasteiger charge is -2.33. The largest absolute Gasteiger partial charge is 0.335 e. The highest BCUT2D eigenvalue weighted by Crippen LogP contribution is 2.09. The molecule has 1 amide bonds. The van der Waals surface area contributed by atoms with E-state index < -0.39 is 0 Å². The molecule has 0 bridgehead atoms. The molecule has 0 aromatic carbocycles. The summed E-state index contributed by atoms with van der Waals surface area (Å²) in [6, 6.07) is 0. The van der Waals surface area contributed by atoms with Crippen LogP contribution in [0.25, 0.3) is 0 Å². The predicted octanol–water partition coefficient (Wildman–Crippen LogP) is 0.156. The van der Waals surface area contributed by atoms with E-state index in [0.717, 1.165) is 32.7 Å². The van der Waals surface area contributed by atoms with Crippen LogP contribution in [0, 0.1) is 6.92 Å². The Morgan fingerprint density at radius 2 is 2.00 bits per heavy atom. The molecule has 0 unspecified atom stereocenters. The van der Waals surface area contributed by atoms with Gasteiger partial charge in [0.05, 0.1) is 0 Å². The lowest BCUT2D eigenvalue weighted by molar-refractivity contribution is 0.0632. The molecule has 1 aliphatic rings. The standard InChI is InChI=1S/C10H16N4O2/c1-3-13-4-6-14(7-5-13)10(15)9-8(2)11-16-12-9/h3-7H2,1-2H3. The van der Waals surface area contributed by atoms with Crippen molar-refractivity contribution in [3.05, 3.63) is 11.4 Å². The van der Waals surface area contributed by atoms with Gasteiger partial charge in [0.15, 0.2) is 5.69 Å². The summed E-state index contributed by atoms with van der Waals surface area (Å²) in [4.78, 5) is 16.1. The lowest BCUT2D eigenvalue weighted by Crippen LogP contribution is -2.48. The molecular formula is C10H16N4O2. The highest BCUT2D eigenvalue weighted by atomic mass is 16.6. The molecule has 0 radical (unpaired) electrons. The normalized spacial score (nSPS) is 17.8. The number of hydrogen-bond acceptors (Lipinski definition) is 5. The maximum atomic E-state index is 12.0. The SMILES string of the molecule is CCN1CCN(C(=O)c2nonc2C)CC1. The van der Waals surface area contributed by atoms with Gasteiger partial charge in [-0.05, 0) is 18.6 Å². The van der Waals surface area contributed by atoms with Crippen molar-refractivity contribution in [3.8, 4) is 0 Å². The number of piperazine rings is 1. The highest BCUT2D eigenvalue weighted by Gasteiger charge is 2.25. The van der Waals surface area contributed by atoms with E-state index in [4.69, 9.17) is 0 Å². The van der Waals surface area contributed by atoms with Crippen LogP contribution in [0.1, 0.15) is 23.1 Å². The molecule has 2 rings (SSSR count). The molecule has 6 heteroatoms. The van der Waals surface area contributed by atoms with E-state index in [9.17, 15) is 4.79 Å². The van der Waals surface area contributed by atoms with Crippen molar-refractivity contribution in [1.82, 2.24) is 20.1 Å². The third kappa shape index (κ3) is 2.06. The fraction of sp³-hybridized carbons (Fsp3) is 0.700. The van der Waals surface area contributed by atoms with Gasteiger partial charge in [0.1, 0.15) is 5.69 Å². The summed E-state index contributed by atoms with van der Waals surface area (Å²) in [6.07, 6.45) is 0. The van der Waals surface area contributed by atoms with Crippen LogP contribution in [0.5, 0.6) is 0 Å². The zero-order valence-electron chi connectivity index (χ0n) is 9.64. The number of amides is 1. The molecule has 6 nitrogen and oxygen atoms in total. The van der Waals surface area contributed by atoms with E-state index in [0.29, 0.717) is 11.4 Å². The number of aryl methyl sites for hydroxylation is 1. The van der Waals surface area contributed by atoms with Crippen molar-refractivity contribution < 1.29 is 9.42 Å². The van der Waals surface area contributed by atoms with E-state index in [1.165, 1.54) is 0 Å². The van der Waals surface area contributed by atoms with Gasteiger partial charge in [0.25, 0.3) is 5.91 Å². The van der Waals surface area contributed by atoms with Crippen molar-refractivity contribution in [2.75, 3.05) is 32.7 Å². The number of nitrogens with zero attached hydrogens (tertiary/aromatic N) is 4. The zero-order chi connectivity index (χ0) is 11.5. The molecule has 1 aromatic rings. The topological polar surface area (TPSA) is 62.5 Å². The molecule has 1 saturated heterocycles. The minimum absolute atomic E-state index is 0.0745. The minimum atomic E-state index is -0.0745. The van der Waals surface area contributed by atoms with E-state index in [1.54, 1.807) is 11.8 Å². The summed E-state index contributed by atoms with van der Waals surface area (Å²) in [5, 5.41) is 7.26. The maximum Gasteiger partial charge on any atom is 0.278 e. The van der Waals surface area contributed by atoms with Gasteiger partial charge in [-0.15, -0.1) is 0 Å². The van der Waals surface area contributed by atoms with Crippen molar-refractivity contribution in [2.45, 2.75) is 13.8 Å². The Bertz CT molecular complexity index is 369. The van der Waals surface area contributed by atoms with Crippen LogP contribution in [0.3, 0.4) is 0 Å². The van der Waals surface area contributed by atoms with Crippen LogP contribution < -0.4 is 0 Å². The van der Waals surface area contributed by atoms with Crippen molar-refractivity contribution in [3.63, 3.8) is 0 Å². The first-order chi connectivity index (χ1) is 7.72. The first kappa shape index (κ1) is 11.1. The van der Waals surface area contributed by atoms with Crippen LogP contribution in [0.4, 0.5) is 0 Å². The third-order valence-corrected chi connectivity index (χ3v) is 2.96. The summed E-state index contributed by atoms with van der Waals surface area (Å²) in [6.45, 7) is 8.23. The number of carbonyl (C=O) groups excluding carboxylic acids is 1. The monoisotopic (exact) mass is 224 g/mol. The summed E-state index contributed by atoms with van der Waals surface area (Å²) in [5.74, 6) is -0.0745. The molecule has 0 saturated carbocycles. The number of aromatic nitrogens is 2. The van der Waals surface area contributed by atoms with Gasteiger partial charge < -0.3 is 9.80 Å². The Labute approximate surface area is 94.2 Å². The molecule has 1 fully saturated rings. The first-order valence-corrected chi connectivity index (χ1v) is 5.53. The van der Waals surface area contributed by atoms with E-state index >= 15 is 0 Å². The third-order valence-electron chi connectivity index (χ3n) is 2.96. The Hall–Kier alpha value is -1.43. The Kier molecular flexibility index (Phi) is 3.19. The molecule has 0 N–H and O–H groups in total. The van der Waals surface area contributed by atoms with Crippen molar-refractivity contribution >= 4 is 5.91 Å². The van der Waals surface area contributed by atoms with Gasteiger partial charge in [-0.2, -0.15) is 0 Å². The first-order valence-electron chi connectivity index (χ1n) is 5.53. The van der Waals surface area contributed by atoms with Crippen LogP contribution in [-0.2, 0) is 0 Å². The van der Waals surface area contributed by atoms with Gasteiger partial charge in [0.2, 0.25) is 0 Å². The molecule has 16 heavy (non-hydrogen) atoms. The maximum absolute atomic E-state index is 12.0. The average molecular weight is 224 g/mol. The highest BCUT2D eigenvalue weighted by molar-refractivity contribution is 5.93. The predicted molar refractivity (Wildman–Crippen MR) is 57.1 cm³/mol. The molecule has 0 spiro atoms. The van der Waals surface area contributed by atoms with Gasteiger partial charge in [-0.3, -0.25) is 4.79 Å². The molecule has 0 atom stereocenters. The molecule has 1 aromatic heterocycles. The number of rotatable bonds is 2. The number of likely N-dealkylation sites (N-methyl/N-ethyl adjacent to an activating group) is 1. The van der Waals surface area contributed by atoms with Crippen molar-refractivity contribution in [2.24, 2.45) is 0 Å². The fourth-order valence-electron chi connectivity index (χ4n) is 1.84. The quantitative estimate of drug-likeness (QED) is 0.716. The Morgan fingerprint density at radius 1 is 1.31 bits per heavy atom. The summed E-state index contributed by atoms with van der Waals surface area (Å²) >= 11 is 0. The Balaban J connectivity index is 2.00. The van der Waals surface area contributed by atoms with Crippen LogP contribution in [0.15, 0.2) is 4.63 Å². The summed E-state index contributed by atoms with van der Waals surface area (Å²) in [5.41, 5.74) is 0.896. The van der Waals surface area contributed by atoms with Gasteiger partial charge in [-0.25, -0.2) is 4.63 Å². The van der Waals surface area contributed by atoms with Gasteiger partial charge in [0, 0.05) is 26.2 Å². The number of carbonyl (C=O) groups is 1. The second-order valence-corrected chi connectivity index (χ2v) is 3.92. The molecule has 1 aliphatic heterocycles. The number of hydrogen-bond donors (Lipinski definition) is 0. The van der Waals surface area contributed by atoms with Gasteiger partial charge in [-0.1, -0.05) is 12.1 Å². The van der Waals surface area contributed by atoms with E-state index in [1.807, 2.05) is 0 Å². The summed E-state index contributed by atoms with van der Waals surface area (Å²) in [7, 11) is 0.